The monoisotopic (exact) mass is 330 g/mol. The van der Waals surface area contributed by atoms with Gasteiger partial charge in [0.05, 0.1) is 0 Å². The van der Waals surface area contributed by atoms with E-state index < -0.39 is 5.97 Å². The van der Waals surface area contributed by atoms with Crippen LogP contribution in [-0.2, 0) is 0 Å². The van der Waals surface area contributed by atoms with E-state index in [1.807, 2.05) is 11.8 Å². The summed E-state index contributed by atoms with van der Waals surface area (Å²) in [5, 5.41) is 9.91. The normalized spacial score (nSPS) is 16.9. The summed E-state index contributed by atoms with van der Waals surface area (Å²) >= 11 is 5.15. The minimum absolute atomic E-state index is 0.270. The Hall–Kier alpha value is -0.750. The van der Waals surface area contributed by atoms with Crippen LogP contribution < -0.4 is 4.90 Å². The lowest BCUT2D eigenvalue weighted by atomic mass is 10.1. The highest BCUT2D eigenvalue weighted by Crippen LogP contribution is 2.27. The molecule has 0 aliphatic carbocycles. The van der Waals surface area contributed by atoms with E-state index in [2.05, 4.69) is 32.1 Å². The number of hydrogen-bond acceptors (Lipinski definition) is 4. The number of aromatic carboxylic acids is 1. The van der Waals surface area contributed by atoms with E-state index in [1.165, 1.54) is 0 Å². The van der Waals surface area contributed by atoms with Gasteiger partial charge in [-0.05, 0) is 41.1 Å². The maximum absolute atomic E-state index is 11.2. The summed E-state index contributed by atoms with van der Waals surface area (Å²) in [7, 11) is 0. The van der Waals surface area contributed by atoms with Gasteiger partial charge >= 0.3 is 5.97 Å². The zero-order valence-electron chi connectivity index (χ0n) is 10.1. The van der Waals surface area contributed by atoms with E-state index in [-0.39, 0.29) is 5.56 Å². The van der Waals surface area contributed by atoms with Gasteiger partial charge in [-0.2, -0.15) is 11.8 Å². The van der Waals surface area contributed by atoms with E-state index in [1.54, 1.807) is 12.3 Å². The molecule has 0 unspecified atom stereocenters. The second kappa shape index (κ2) is 5.93. The number of anilines is 1. The Bertz CT molecular complexity index is 448. The number of nitrogens with zero attached hydrogens (tertiary/aromatic N) is 2. The first-order valence-corrected chi connectivity index (χ1v) is 7.86. The zero-order chi connectivity index (χ0) is 13.1. The van der Waals surface area contributed by atoms with Crippen LogP contribution in [0.3, 0.4) is 0 Å². The fourth-order valence-corrected chi connectivity index (χ4v) is 3.16. The third-order valence-electron chi connectivity index (χ3n) is 3.14. The van der Waals surface area contributed by atoms with Gasteiger partial charge in [0.25, 0.3) is 0 Å². The lowest BCUT2D eigenvalue weighted by Gasteiger charge is -2.32. The summed E-state index contributed by atoms with van der Waals surface area (Å²) in [6, 6.07) is 1.62. The number of piperidine rings is 1. The number of carbonyl (C=O) groups is 1. The molecule has 0 atom stereocenters. The first-order valence-electron chi connectivity index (χ1n) is 5.78. The number of carboxylic acid groups (broad SMARTS) is 1. The predicted octanol–water partition coefficient (Wildman–Crippen LogP) is 2.87. The molecule has 0 saturated carbocycles. The second-order valence-corrected chi connectivity index (χ2v) is 6.31. The van der Waals surface area contributed by atoms with Crippen LogP contribution in [0, 0.1) is 0 Å². The summed E-state index contributed by atoms with van der Waals surface area (Å²) < 4.78 is 0.697. The van der Waals surface area contributed by atoms with Crippen LogP contribution >= 0.6 is 27.7 Å². The van der Waals surface area contributed by atoms with E-state index in [0.29, 0.717) is 15.5 Å². The summed E-state index contributed by atoms with van der Waals surface area (Å²) in [5.74, 6) is -0.337. The van der Waals surface area contributed by atoms with E-state index in [0.717, 1.165) is 25.9 Å². The van der Waals surface area contributed by atoms with Crippen molar-refractivity contribution < 1.29 is 9.90 Å². The van der Waals surface area contributed by atoms with Crippen molar-refractivity contribution in [2.75, 3.05) is 24.2 Å². The Labute approximate surface area is 119 Å². The average Bonchev–Trinajstić information content (AvgIpc) is 2.39. The number of pyridine rings is 1. The molecular formula is C12H15BrN2O2S. The molecule has 1 fully saturated rings. The molecule has 0 amide bonds. The highest BCUT2D eigenvalue weighted by atomic mass is 79.9. The minimum Gasteiger partial charge on any atom is -0.478 e. The van der Waals surface area contributed by atoms with Crippen LogP contribution in [0.25, 0.3) is 0 Å². The van der Waals surface area contributed by atoms with Crippen molar-refractivity contribution >= 4 is 39.5 Å². The van der Waals surface area contributed by atoms with Crippen molar-refractivity contribution in [2.45, 2.75) is 18.1 Å². The van der Waals surface area contributed by atoms with Crippen molar-refractivity contribution in [1.29, 1.82) is 0 Å². The fourth-order valence-electron chi connectivity index (χ4n) is 2.14. The van der Waals surface area contributed by atoms with Crippen LogP contribution in [0.1, 0.15) is 23.2 Å². The molecule has 1 aromatic heterocycles. The number of hydrogen-bond donors (Lipinski definition) is 1. The first-order chi connectivity index (χ1) is 8.61. The SMILES string of the molecule is CSC1CCN(c2ncc(Br)cc2C(=O)O)CC1. The fraction of sp³-hybridized carbons (Fsp3) is 0.500. The molecular weight excluding hydrogens is 316 g/mol. The third kappa shape index (κ3) is 2.98. The molecule has 98 valence electrons. The molecule has 1 aliphatic heterocycles. The van der Waals surface area contributed by atoms with Gasteiger partial charge in [0.2, 0.25) is 0 Å². The van der Waals surface area contributed by atoms with Crippen LogP contribution in [-0.4, -0.2) is 40.7 Å². The maximum atomic E-state index is 11.2. The largest absolute Gasteiger partial charge is 0.478 e. The van der Waals surface area contributed by atoms with Gasteiger partial charge in [-0.1, -0.05) is 0 Å². The van der Waals surface area contributed by atoms with Gasteiger partial charge in [-0.25, -0.2) is 9.78 Å². The lowest BCUT2D eigenvalue weighted by Crippen LogP contribution is -2.36. The number of aromatic nitrogens is 1. The third-order valence-corrected chi connectivity index (χ3v) is 4.71. The standard InChI is InChI=1S/C12H15BrN2O2S/c1-18-9-2-4-15(5-3-9)11-10(12(16)17)6-8(13)7-14-11/h6-7,9H,2-5H2,1H3,(H,16,17). The number of halogens is 1. The Morgan fingerprint density at radius 2 is 2.22 bits per heavy atom. The molecule has 2 rings (SSSR count). The lowest BCUT2D eigenvalue weighted by molar-refractivity contribution is 0.0697. The van der Waals surface area contributed by atoms with E-state index >= 15 is 0 Å². The van der Waals surface area contributed by atoms with Gasteiger partial charge in [-0.3, -0.25) is 0 Å². The van der Waals surface area contributed by atoms with Crippen molar-refractivity contribution in [3.05, 3.63) is 22.3 Å². The molecule has 0 bridgehead atoms. The highest BCUT2D eigenvalue weighted by molar-refractivity contribution is 9.10. The van der Waals surface area contributed by atoms with Crippen LogP contribution in [0.2, 0.25) is 0 Å². The highest BCUT2D eigenvalue weighted by Gasteiger charge is 2.23. The average molecular weight is 331 g/mol. The van der Waals surface area contributed by atoms with Gasteiger partial charge in [0, 0.05) is 29.0 Å². The van der Waals surface area contributed by atoms with Gasteiger partial charge in [0.1, 0.15) is 11.4 Å². The second-order valence-electron chi connectivity index (χ2n) is 4.25. The Kier molecular flexibility index (Phi) is 4.50. The molecule has 0 radical (unpaired) electrons. The molecule has 6 heteroatoms. The number of carboxylic acids is 1. The summed E-state index contributed by atoms with van der Waals surface area (Å²) in [6.45, 7) is 1.75. The van der Waals surface area contributed by atoms with Crippen molar-refractivity contribution in [1.82, 2.24) is 4.98 Å². The summed E-state index contributed by atoms with van der Waals surface area (Å²) in [4.78, 5) is 17.6. The molecule has 0 spiro atoms. The zero-order valence-corrected chi connectivity index (χ0v) is 12.5. The first kappa shape index (κ1) is 13.7. The molecule has 1 saturated heterocycles. The van der Waals surface area contributed by atoms with Gasteiger partial charge in [-0.15, -0.1) is 0 Å². The van der Waals surface area contributed by atoms with Gasteiger partial charge in [0.15, 0.2) is 0 Å². The molecule has 2 heterocycles. The van der Waals surface area contributed by atoms with Crippen molar-refractivity contribution in [3.8, 4) is 0 Å². The van der Waals surface area contributed by atoms with Crippen LogP contribution in [0.4, 0.5) is 5.82 Å². The topological polar surface area (TPSA) is 53.4 Å². The predicted molar refractivity (Wildman–Crippen MR) is 77.6 cm³/mol. The number of rotatable bonds is 3. The van der Waals surface area contributed by atoms with Crippen molar-refractivity contribution in [3.63, 3.8) is 0 Å². The van der Waals surface area contributed by atoms with E-state index in [4.69, 9.17) is 0 Å². The summed E-state index contributed by atoms with van der Waals surface area (Å²) in [6.07, 6.45) is 5.94. The van der Waals surface area contributed by atoms with Crippen LogP contribution in [0.5, 0.6) is 0 Å². The number of thioether (sulfide) groups is 1. The smallest absolute Gasteiger partial charge is 0.339 e. The van der Waals surface area contributed by atoms with Crippen molar-refractivity contribution in [2.24, 2.45) is 0 Å². The molecule has 4 nitrogen and oxygen atoms in total. The quantitative estimate of drug-likeness (QED) is 0.923. The Morgan fingerprint density at radius 3 is 2.78 bits per heavy atom. The molecule has 0 aromatic carbocycles. The molecule has 1 aliphatic rings. The minimum atomic E-state index is -0.925. The molecule has 18 heavy (non-hydrogen) atoms. The van der Waals surface area contributed by atoms with E-state index in [9.17, 15) is 9.90 Å². The van der Waals surface area contributed by atoms with Crippen LogP contribution in [0.15, 0.2) is 16.7 Å². The Balaban J connectivity index is 2.21. The maximum Gasteiger partial charge on any atom is 0.339 e. The molecule has 1 aromatic rings. The molecule has 1 N–H and O–H groups in total. The Morgan fingerprint density at radius 1 is 1.56 bits per heavy atom. The summed E-state index contributed by atoms with van der Waals surface area (Å²) in [5.41, 5.74) is 0.270. The van der Waals surface area contributed by atoms with Gasteiger partial charge < -0.3 is 10.0 Å².